The van der Waals surface area contributed by atoms with Crippen molar-refractivity contribution in [2.24, 2.45) is 0 Å². The van der Waals surface area contributed by atoms with E-state index >= 15 is 0 Å². The molecule has 2 heterocycles. The quantitative estimate of drug-likeness (QED) is 0.464. The van der Waals surface area contributed by atoms with Crippen LogP contribution in [-0.4, -0.2) is 44.0 Å². The molecule has 0 spiro atoms. The first kappa shape index (κ1) is 24.4. The lowest BCUT2D eigenvalue weighted by Gasteiger charge is -2.19. The number of ether oxygens (including phenoxy) is 1. The number of aromatic nitrogens is 1. The predicted octanol–water partition coefficient (Wildman–Crippen LogP) is 4.11. The van der Waals surface area contributed by atoms with E-state index in [4.69, 9.17) is 21.4 Å². The average molecular weight is 514 g/mol. The first-order valence-corrected chi connectivity index (χ1v) is 11.9. The summed E-state index contributed by atoms with van der Waals surface area (Å²) in [7, 11) is -3.17. The molecule has 0 aliphatic carbocycles. The summed E-state index contributed by atoms with van der Waals surface area (Å²) in [6, 6.07) is 7.51. The van der Waals surface area contributed by atoms with Crippen molar-refractivity contribution in [3.05, 3.63) is 63.2 Å². The molecular weight excluding hydrogens is 497 g/mol. The molecule has 3 aromatic rings. The Morgan fingerprint density at radius 3 is 2.67 bits per heavy atom. The molecule has 0 atom stereocenters. The van der Waals surface area contributed by atoms with Crippen LogP contribution in [0.25, 0.3) is 0 Å². The van der Waals surface area contributed by atoms with Gasteiger partial charge in [0.1, 0.15) is 9.77 Å². The highest BCUT2D eigenvalue weighted by Gasteiger charge is 2.30. The van der Waals surface area contributed by atoms with Gasteiger partial charge in [0, 0.05) is 18.8 Å². The Labute approximate surface area is 197 Å². The summed E-state index contributed by atoms with van der Waals surface area (Å²) < 4.78 is 46.5. The maximum Gasteiger partial charge on any atom is 0.335 e. The van der Waals surface area contributed by atoms with Crippen LogP contribution < -0.4 is 14.4 Å². The molecule has 174 valence electrons. The second-order valence-electron chi connectivity index (χ2n) is 6.47. The van der Waals surface area contributed by atoms with Crippen molar-refractivity contribution in [2.75, 3.05) is 23.3 Å². The zero-order valence-corrected chi connectivity index (χ0v) is 19.6. The van der Waals surface area contributed by atoms with Crippen molar-refractivity contribution >= 4 is 56.2 Å². The van der Waals surface area contributed by atoms with Gasteiger partial charge in [0.2, 0.25) is 5.88 Å². The number of carboxylic acid groups (broad SMARTS) is 1. The second-order valence-corrected chi connectivity index (χ2v) is 10.1. The number of thiophene rings is 1. The number of halogens is 2. The number of benzene rings is 1. The van der Waals surface area contributed by atoms with Crippen molar-refractivity contribution < 1.29 is 32.2 Å². The highest BCUT2D eigenvalue weighted by atomic mass is 35.5. The number of hydrogen-bond donors (Lipinski definition) is 2. The summed E-state index contributed by atoms with van der Waals surface area (Å²) in [4.78, 5) is 27.1. The molecular formula is C20H17ClFN3O6S2. The van der Waals surface area contributed by atoms with E-state index in [0.717, 1.165) is 34.0 Å². The minimum atomic E-state index is -4.35. The van der Waals surface area contributed by atoms with Gasteiger partial charge >= 0.3 is 5.97 Å². The van der Waals surface area contributed by atoms with Gasteiger partial charge in [0.25, 0.3) is 15.9 Å². The predicted molar refractivity (Wildman–Crippen MR) is 122 cm³/mol. The van der Waals surface area contributed by atoms with Gasteiger partial charge in [-0.05, 0) is 31.2 Å². The maximum atomic E-state index is 14.2. The third kappa shape index (κ3) is 5.24. The molecule has 2 aromatic heterocycles. The molecule has 0 unspecified atom stereocenters. The van der Waals surface area contributed by atoms with Crippen molar-refractivity contribution in [1.29, 1.82) is 0 Å². The monoisotopic (exact) mass is 513 g/mol. The molecule has 0 fully saturated rings. The van der Waals surface area contributed by atoms with Crippen LogP contribution >= 0.6 is 22.9 Å². The minimum Gasteiger partial charge on any atom is -0.478 e. The topological polar surface area (TPSA) is 126 Å². The Balaban J connectivity index is 1.94. The number of rotatable bonds is 8. The number of sulfonamides is 1. The zero-order valence-electron chi connectivity index (χ0n) is 17.2. The Bertz CT molecular complexity index is 1330. The largest absolute Gasteiger partial charge is 0.478 e. The van der Waals surface area contributed by atoms with Crippen molar-refractivity contribution in [1.82, 2.24) is 4.98 Å². The van der Waals surface area contributed by atoms with Crippen LogP contribution in [0.1, 0.15) is 27.0 Å². The Hall–Kier alpha value is -3.22. The summed E-state index contributed by atoms with van der Waals surface area (Å²) in [6.07, 6.45) is 1.12. The van der Waals surface area contributed by atoms with Gasteiger partial charge < -0.3 is 15.2 Å². The lowest BCUT2D eigenvalue weighted by Crippen LogP contribution is -2.28. The number of nitrogens with one attached hydrogen (secondary N) is 1. The molecule has 0 saturated carbocycles. The van der Waals surface area contributed by atoms with Crippen LogP contribution in [0.5, 0.6) is 5.88 Å². The van der Waals surface area contributed by atoms with Crippen LogP contribution in [0.15, 0.2) is 47.5 Å². The summed E-state index contributed by atoms with van der Waals surface area (Å²) in [5.74, 6) is -3.12. The van der Waals surface area contributed by atoms with Crippen molar-refractivity contribution in [3.63, 3.8) is 0 Å². The first-order chi connectivity index (χ1) is 15.5. The van der Waals surface area contributed by atoms with Crippen molar-refractivity contribution in [3.8, 4) is 5.88 Å². The minimum absolute atomic E-state index is 0.0300. The molecule has 0 aliphatic heterocycles. The van der Waals surface area contributed by atoms with Gasteiger partial charge in [0.15, 0.2) is 5.82 Å². The van der Waals surface area contributed by atoms with Crippen molar-refractivity contribution in [2.45, 2.75) is 11.8 Å². The molecule has 0 saturated heterocycles. The molecule has 9 nitrogen and oxygen atoms in total. The van der Waals surface area contributed by atoms with Gasteiger partial charge in [-0.15, -0.1) is 11.3 Å². The molecule has 1 aromatic carbocycles. The van der Waals surface area contributed by atoms with Gasteiger partial charge in [-0.25, -0.2) is 22.6 Å². The number of pyridine rings is 1. The van der Waals surface area contributed by atoms with Gasteiger partial charge in [-0.2, -0.15) is 0 Å². The third-order valence-electron chi connectivity index (χ3n) is 4.32. The average Bonchev–Trinajstić information content (AvgIpc) is 3.17. The van der Waals surface area contributed by atoms with E-state index in [2.05, 4.69) is 10.3 Å². The summed E-state index contributed by atoms with van der Waals surface area (Å²) >= 11 is 6.73. The van der Waals surface area contributed by atoms with Crippen LogP contribution in [-0.2, 0) is 10.0 Å². The number of nitrogens with zero attached hydrogens (tertiary/aromatic N) is 2. The third-order valence-corrected chi connectivity index (χ3v) is 7.52. The van der Waals surface area contributed by atoms with Crippen LogP contribution in [0.4, 0.5) is 15.8 Å². The van der Waals surface area contributed by atoms with E-state index < -0.39 is 32.6 Å². The Kier molecular flexibility index (Phi) is 7.20. The standard InChI is InChI=1S/C20H17ClFN3O6S2/c1-3-31-19-14(22)8-13(10-23-19)25(2)33(29,30)15-9-16(21)32-17(15)18(26)24-12-6-4-5-11(7-12)20(27)28/h4-10H,3H2,1-2H3,(H,24,26)(H,27,28). The lowest BCUT2D eigenvalue weighted by molar-refractivity contribution is 0.0696. The molecule has 0 bridgehead atoms. The fraction of sp³-hybridized carbons (Fsp3) is 0.150. The number of hydrogen-bond acceptors (Lipinski definition) is 7. The number of carbonyl (C=O) groups is 2. The molecule has 0 aliphatic rings. The van der Waals surface area contributed by atoms with E-state index in [1.54, 1.807) is 6.92 Å². The number of carboxylic acids is 1. The highest BCUT2D eigenvalue weighted by molar-refractivity contribution is 7.93. The molecule has 13 heteroatoms. The second kappa shape index (κ2) is 9.73. The van der Waals surface area contributed by atoms with E-state index in [1.165, 1.54) is 31.3 Å². The molecule has 33 heavy (non-hydrogen) atoms. The summed E-state index contributed by atoms with van der Waals surface area (Å²) in [6.45, 7) is 1.83. The number of amides is 1. The number of aromatic carboxylic acids is 1. The van der Waals surface area contributed by atoms with Crippen LogP contribution in [0, 0.1) is 5.82 Å². The Morgan fingerprint density at radius 2 is 2.03 bits per heavy atom. The SMILES string of the molecule is CCOc1ncc(N(C)S(=O)(=O)c2cc(Cl)sc2C(=O)Nc2cccc(C(=O)O)c2)cc1F. The maximum absolute atomic E-state index is 14.2. The molecule has 1 amide bonds. The van der Waals surface area contributed by atoms with E-state index in [-0.39, 0.29) is 38.6 Å². The van der Waals surface area contributed by atoms with Gasteiger partial charge in [-0.1, -0.05) is 17.7 Å². The highest BCUT2D eigenvalue weighted by Crippen LogP contribution is 2.34. The zero-order chi connectivity index (χ0) is 24.3. The van der Waals surface area contributed by atoms with E-state index in [0.29, 0.717) is 0 Å². The Morgan fingerprint density at radius 1 is 1.30 bits per heavy atom. The van der Waals surface area contributed by atoms with Gasteiger partial charge in [0.05, 0.1) is 28.4 Å². The van der Waals surface area contributed by atoms with Gasteiger partial charge in [-0.3, -0.25) is 9.10 Å². The smallest absolute Gasteiger partial charge is 0.335 e. The fourth-order valence-corrected chi connectivity index (χ4v) is 5.59. The van der Waals surface area contributed by atoms with E-state index in [1.807, 2.05) is 0 Å². The number of carbonyl (C=O) groups excluding carboxylic acids is 1. The first-order valence-electron chi connectivity index (χ1n) is 9.26. The fourth-order valence-electron chi connectivity index (χ4n) is 2.73. The normalized spacial score (nSPS) is 11.2. The van der Waals surface area contributed by atoms with E-state index in [9.17, 15) is 22.4 Å². The lowest BCUT2D eigenvalue weighted by atomic mass is 10.2. The van der Waals surface area contributed by atoms with Crippen LogP contribution in [0.2, 0.25) is 4.34 Å². The molecule has 3 rings (SSSR count). The summed E-state index contributed by atoms with van der Waals surface area (Å²) in [5.41, 5.74) is -0.00711. The molecule has 2 N–H and O–H groups in total. The summed E-state index contributed by atoms with van der Waals surface area (Å²) in [5, 5.41) is 11.6. The number of anilines is 2. The molecule has 0 radical (unpaired) electrons. The van der Waals surface area contributed by atoms with Crippen LogP contribution in [0.3, 0.4) is 0 Å².